The van der Waals surface area contributed by atoms with Gasteiger partial charge in [0.05, 0.1) is 5.69 Å². The SMILES string of the molecule is Cc1ccc(Cl)cc1C(=O)N1CCC(c2cc(=O)[nH]c(N)n2)C1. The number of likely N-dealkylation sites (tertiary alicyclic amines) is 1. The molecule has 1 unspecified atom stereocenters. The Morgan fingerprint density at radius 1 is 1.43 bits per heavy atom. The summed E-state index contributed by atoms with van der Waals surface area (Å²) < 4.78 is 0. The summed E-state index contributed by atoms with van der Waals surface area (Å²) in [5.41, 5.74) is 7.44. The topological polar surface area (TPSA) is 92.1 Å². The second kappa shape index (κ2) is 6.04. The van der Waals surface area contributed by atoms with Gasteiger partial charge in [-0.3, -0.25) is 14.6 Å². The first-order valence-corrected chi connectivity index (χ1v) is 7.74. The number of H-pyrrole nitrogens is 1. The van der Waals surface area contributed by atoms with Crippen LogP contribution in [0.3, 0.4) is 0 Å². The number of rotatable bonds is 2. The van der Waals surface area contributed by atoms with Crippen LogP contribution < -0.4 is 11.3 Å². The molecule has 7 heteroatoms. The summed E-state index contributed by atoms with van der Waals surface area (Å²) in [4.78, 5) is 32.6. The van der Waals surface area contributed by atoms with Gasteiger partial charge in [0, 0.05) is 35.7 Å². The molecule has 6 nitrogen and oxygen atoms in total. The lowest BCUT2D eigenvalue weighted by molar-refractivity contribution is 0.0790. The Balaban J connectivity index is 1.80. The van der Waals surface area contributed by atoms with Crippen LogP contribution in [0.25, 0.3) is 0 Å². The Hall–Kier alpha value is -2.34. The van der Waals surface area contributed by atoms with Gasteiger partial charge in [-0.05, 0) is 31.0 Å². The Kier molecular flexibility index (Phi) is 4.09. The summed E-state index contributed by atoms with van der Waals surface area (Å²) >= 11 is 5.99. The number of nitrogens with two attached hydrogens (primary N) is 1. The Bertz CT molecular complexity index is 818. The first-order chi connectivity index (χ1) is 10.9. The summed E-state index contributed by atoms with van der Waals surface area (Å²) in [5.74, 6) is 0.0660. The second-order valence-electron chi connectivity index (χ2n) is 5.75. The standard InChI is InChI=1S/C16H17ClN4O2/c1-9-2-3-11(17)6-12(9)15(23)21-5-4-10(8-21)13-7-14(22)20-16(18)19-13/h2-3,6-7,10H,4-5,8H2,1H3,(H3,18,19,20,22). The summed E-state index contributed by atoms with van der Waals surface area (Å²) in [6, 6.07) is 6.74. The first-order valence-electron chi connectivity index (χ1n) is 7.36. The highest BCUT2D eigenvalue weighted by Crippen LogP contribution is 2.27. The molecule has 1 aromatic carbocycles. The summed E-state index contributed by atoms with van der Waals surface area (Å²) in [5, 5.41) is 0.540. The molecule has 2 aromatic rings. The van der Waals surface area contributed by atoms with Crippen molar-refractivity contribution in [2.75, 3.05) is 18.8 Å². The van der Waals surface area contributed by atoms with E-state index >= 15 is 0 Å². The molecule has 1 aliphatic rings. The smallest absolute Gasteiger partial charge is 0.254 e. The number of anilines is 1. The van der Waals surface area contributed by atoms with E-state index in [0.717, 1.165) is 12.0 Å². The molecule has 1 atom stereocenters. The maximum atomic E-state index is 12.7. The van der Waals surface area contributed by atoms with Gasteiger partial charge in [-0.25, -0.2) is 4.98 Å². The minimum atomic E-state index is -0.275. The summed E-state index contributed by atoms with van der Waals surface area (Å²) in [6.07, 6.45) is 0.751. The van der Waals surface area contributed by atoms with E-state index < -0.39 is 0 Å². The molecule has 0 spiro atoms. The molecule has 0 bridgehead atoms. The molecule has 3 rings (SSSR count). The average Bonchev–Trinajstić information content (AvgIpc) is 2.98. The number of nitrogens with one attached hydrogen (secondary N) is 1. The maximum Gasteiger partial charge on any atom is 0.254 e. The molecule has 1 fully saturated rings. The number of hydrogen-bond acceptors (Lipinski definition) is 4. The molecule has 1 saturated heterocycles. The molecule has 1 aliphatic heterocycles. The third kappa shape index (κ3) is 3.22. The van der Waals surface area contributed by atoms with Crippen LogP contribution in [-0.2, 0) is 0 Å². The van der Waals surface area contributed by atoms with E-state index in [0.29, 0.717) is 29.4 Å². The minimum absolute atomic E-state index is 0.0167. The lowest BCUT2D eigenvalue weighted by Crippen LogP contribution is -2.29. The van der Waals surface area contributed by atoms with Crippen molar-refractivity contribution in [1.82, 2.24) is 14.9 Å². The summed E-state index contributed by atoms with van der Waals surface area (Å²) in [6.45, 7) is 3.01. The lowest BCUT2D eigenvalue weighted by atomic mass is 10.0. The van der Waals surface area contributed by atoms with E-state index in [1.807, 2.05) is 13.0 Å². The number of halogens is 1. The van der Waals surface area contributed by atoms with Gasteiger partial charge in [-0.2, -0.15) is 0 Å². The van der Waals surface area contributed by atoms with Crippen molar-refractivity contribution in [1.29, 1.82) is 0 Å². The van der Waals surface area contributed by atoms with Crippen LogP contribution in [0.15, 0.2) is 29.1 Å². The molecule has 0 aliphatic carbocycles. The molecule has 3 N–H and O–H groups in total. The number of aromatic amines is 1. The van der Waals surface area contributed by atoms with Crippen LogP contribution in [0, 0.1) is 6.92 Å². The molecular formula is C16H17ClN4O2. The average molecular weight is 333 g/mol. The van der Waals surface area contributed by atoms with Gasteiger partial charge in [0.1, 0.15) is 0 Å². The number of benzene rings is 1. The zero-order valence-electron chi connectivity index (χ0n) is 12.7. The highest BCUT2D eigenvalue weighted by atomic mass is 35.5. The third-order valence-corrected chi connectivity index (χ3v) is 4.34. The number of hydrogen-bond donors (Lipinski definition) is 2. The van der Waals surface area contributed by atoms with Gasteiger partial charge in [0.25, 0.3) is 11.5 Å². The maximum absolute atomic E-state index is 12.7. The Morgan fingerprint density at radius 3 is 2.96 bits per heavy atom. The number of aryl methyl sites for hydroxylation is 1. The van der Waals surface area contributed by atoms with Gasteiger partial charge in [0.2, 0.25) is 5.95 Å². The van der Waals surface area contributed by atoms with E-state index in [2.05, 4.69) is 9.97 Å². The Morgan fingerprint density at radius 2 is 2.22 bits per heavy atom. The Labute approximate surface area is 138 Å². The predicted octanol–water partition coefficient (Wildman–Crippen LogP) is 1.94. The molecule has 23 heavy (non-hydrogen) atoms. The molecule has 1 aromatic heterocycles. The fourth-order valence-electron chi connectivity index (χ4n) is 2.89. The van der Waals surface area contributed by atoms with E-state index in [1.165, 1.54) is 6.07 Å². The van der Waals surface area contributed by atoms with Crippen molar-refractivity contribution >= 4 is 23.5 Å². The highest BCUT2D eigenvalue weighted by molar-refractivity contribution is 6.31. The highest BCUT2D eigenvalue weighted by Gasteiger charge is 2.29. The van der Waals surface area contributed by atoms with Gasteiger partial charge < -0.3 is 10.6 Å². The van der Waals surface area contributed by atoms with Crippen LogP contribution in [-0.4, -0.2) is 33.9 Å². The van der Waals surface area contributed by atoms with E-state index in [4.69, 9.17) is 17.3 Å². The monoisotopic (exact) mass is 332 g/mol. The van der Waals surface area contributed by atoms with Crippen molar-refractivity contribution in [2.24, 2.45) is 0 Å². The molecule has 2 heterocycles. The van der Waals surface area contributed by atoms with Crippen molar-refractivity contribution in [3.8, 4) is 0 Å². The van der Waals surface area contributed by atoms with Crippen LogP contribution in [0.1, 0.15) is 34.0 Å². The van der Waals surface area contributed by atoms with Crippen molar-refractivity contribution in [2.45, 2.75) is 19.3 Å². The largest absolute Gasteiger partial charge is 0.369 e. The number of carbonyl (C=O) groups excluding carboxylic acids is 1. The molecule has 0 radical (unpaired) electrons. The first kappa shape index (κ1) is 15.6. The molecule has 0 saturated carbocycles. The van der Waals surface area contributed by atoms with Crippen molar-refractivity contribution in [3.05, 3.63) is 56.5 Å². The van der Waals surface area contributed by atoms with Crippen LogP contribution in [0.5, 0.6) is 0 Å². The quantitative estimate of drug-likeness (QED) is 0.879. The molecule has 1 amide bonds. The van der Waals surface area contributed by atoms with Gasteiger partial charge >= 0.3 is 0 Å². The number of aromatic nitrogens is 2. The van der Waals surface area contributed by atoms with Gasteiger partial charge in [-0.15, -0.1) is 0 Å². The fourth-order valence-corrected chi connectivity index (χ4v) is 3.06. The number of amides is 1. The van der Waals surface area contributed by atoms with Gasteiger partial charge in [-0.1, -0.05) is 17.7 Å². The van der Waals surface area contributed by atoms with Crippen molar-refractivity contribution in [3.63, 3.8) is 0 Å². The number of nitrogen functional groups attached to an aromatic ring is 1. The van der Waals surface area contributed by atoms with Crippen molar-refractivity contribution < 1.29 is 4.79 Å². The minimum Gasteiger partial charge on any atom is -0.369 e. The second-order valence-corrected chi connectivity index (χ2v) is 6.19. The normalized spacial score (nSPS) is 17.5. The van der Waals surface area contributed by atoms with E-state index in [1.54, 1.807) is 17.0 Å². The molecule has 120 valence electrons. The molecular weight excluding hydrogens is 316 g/mol. The zero-order chi connectivity index (χ0) is 16.6. The third-order valence-electron chi connectivity index (χ3n) is 4.10. The predicted molar refractivity (Wildman–Crippen MR) is 88.7 cm³/mol. The summed E-state index contributed by atoms with van der Waals surface area (Å²) in [7, 11) is 0. The fraction of sp³-hybridized carbons (Fsp3) is 0.312. The van der Waals surface area contributed by atoms with Crippen LogP contribution in [0.4, 0.5) is 5.95 Å². The van der Waals surface area contributed by atoms with Crippen LogP contribution >= 0.6 is 11.6 Å². The van der Waals surface area contributed by atoms with Crippen LogP contribution in [0.2, 0.25) is 5.02 Å². The zero-order valence-corrected chi connectivity index (χ0v) is 13.4. The number of carbonyl (C=O) groups is 1. The van der Waals surface area contributed by atoms with E-state index in [-0.39, 0.29) is 23.3 Å². The lowest BCUT2D eigenvalue weighted by Gasteiger charge is -2.18. The number of nitrogens with zero attached hydrogens (tertiary/aromatic N) is 2. The van der Waals surface area contributed by atoms with Gasteiger partial charge in [0.15, 0.2) is 0 Å². The van der Waals surface area contributed by atoms with E-state index in [9.17, 15) is 9.59 Å².